The molecule has 0 atom stereocenters. The molecule has 7 heteroatoms. The summed E-state index contributed by atoms with van der Waals surface area (Å²) in [6.45, 7) is 4.25. The fraction of sp³-hybridized carbons (Fsp3) is 0.562. The molecule has 1 N–H and O–H groups in total. The van der Waals surface area contributed by atoms with E-state index in [9.17, 15) is 17.6 Å². The number of benzene rings is 1. The highest BCUT2D eigenvalue weighted by Gasteiger charge is 2.20. The van der Waals surface area contributed by atoms with E-state index < -0.39 is 15.8 Å². The summed E-state index contributed by atoms with van der Waals surface area (Å²) in [7, 11) is -2.20. The zero-order valence-electron chi connectivity index (χ0n) is 13.9. The summed E-state index contributed by atoms with van der Waals surface area (Å²) in [6.07, 6.45) is 2.46. The summed E-state index contributed by atoms with van der Waals surface area (Å²) in [5.41, 5.74) is 0. The number of carbonyl (C=O) groups is 1. The number of sulfonamides is 1. The fourth-order valence-corrected chi connectivity index (χ4v) is 3.37. The van der Waals surface area contributed by atoms with Crippen LogP contribution in [0, 0.1) is 5.82 Å². The first-order chi connectivity index (χ1) is 10.8. The molecule has 130 valence electrons. The highest BCUT2D eigenvalue weighted by Crippen LogP contribution is 2.15. The lowest BCUT2D eigenvalue weighted by Gasteiger charge is -2.18. The maximum Gasteiger partial charge on any atom is 0.242 e. The van der Waals surface area contributed by atoms with E-state index in [-0.39, 0.29) is 29.8 Å². The summed E-state index contributed by atoms with van der Waals surface area (Å²) in [4.78, 5) is 11.8. The number of halogens is 1. The van der Waals surface area contributed by atoms with E-state index in [0.717, 1.165) is 25.0 Å². The Labute approximate surface area is 137 Å². The lowest BCUT2D eigenvalue weighted by molar-refractivity contribution is -0.122. The Bertz CT molecular complexity index is 598. The van der Waals surface area contributed by atoms with Gasteiger partial charge in [0.1, 0.15) is 5.82 Å². The van der Waals surface area contributed by atoms with Crippen molar-refractivity contribution in [2.45, 2.75) is 50.5 Å². The summed E-state index contributed by atoms with van der Waals surface area (Å²) < 4.78 is 38.6. The van der Waals surface area contributed by atoms with Crippen molar-refractivity contribution in [3.05, 3.63) is 30.1 Å². The third kappa shape index (κ3) is 5.91. The van der Waals surface area contributed by atoms with Crippen molar-refractivity contribution in [2.24, 2.45) is 0 Å². The van der Waals surface area contributed by atoms with Crippen LogP contribution in [0.3, 0.4) is 0 Å². The average molecular weight is 344 g/mol. The van der Waals surface area contributed by atoms with E-state index >= 15 is 0 Å². The molecule has 0 saturated carbocycles. The second-order valence-electron chi connectivity index (χ2n) is 5.46. The third-order valence-electron chi connectivity index (χ3n) is 3.75. The Morgan fingerprint density at radius 1 is 1.22 bits per heavy atom. The lowest BCUT2D eigenvalue weighted by atomic mass is 10.1. The van der Waals surface area contributed by atoms with Gasteiger partial charge in [-0.2, -0.15) is 0 Å². The average Bonchev–Trinajstić information content (AvgIpc) is 2.52. The quantitative estimate of drug-likeness (QED) is 0.748. The molecule has 0 fully saturated rings. The summed E-state index contributed by atoms with van der Waals surface area (Å²) >= 11 is 0. The van der Waals surface area contributed by atoms with Gasteiger partial charge in [-0.15, -0.1) is 0 Å². The van der Waals surface area contributed by atoms with Gasteiger partial charge >= 0.3 is 0 Å². The Kier molecular flexibility index (Phi) is 7.64. The molecule has 1 aromatic rings. The number of hydrogen-bond acceptors (Lipinski definition) is 3. The van der Waals surface area contributed by atoms with Gasteiger partial charge in [0.05, 0.1) is 4.90 Å². The van der Waals surface area contributed by atoms with Crippen LogP contribution in [-0.2, 0) is 14.8 Å². The van der Waals surface area contributed by atoms with E-state index in [1.54, 1.807) is 0 Å². The second kappa shape index (κ2) is 8.98. The van der Waals surface area contributed by atoms with Crippen molar-refractivity contribution in [1.82, 2.24) is 9.62 Å². The Morgan fingerprint density at radius 2 is 1.78 bits per heavy atom. The molecule has 1 amide bonds. The van der Waals surface area contributed by atoms with Crippen LogP contribution in [-0.4, -0.2) is 38.3 Å². The normalized spacial score (nSPS) is 11.9. The van der Waals surface area contributed by atoms with Crippen LogP contribution in [0.4, 0.5) is 4.39 Å². The number of nitrogens with one attached hydrogen (secondary N) is 1. The van der Waals surface area contributed by atoms with Gasteiger partial charge in [-0.3, -0.25) is 4.79 Å². The molecule has 0 radical (unpaired) electrons. The molecular weight excluding hydrogens is 319 g/mol. The number of amides is 1. The van der Waals surface area contributed by atoms with E-state index in [1.807, 2.05) is 13.8 Å². The van der Waals surface area contributed by atoms with Crippen molar-refractivity contribution in [1.29, 1.82) is 0 Å². The van der Waals surface area contributed by atoms with Crippen LogP contribution in [0.1, 0.15) is 39.5 Å². The van der Waals surface area contributed by atoms with Crippen LogP contribution in [0.25, 0.3) is 0 Å². The lowest BCUT2D eigenvalue weighted by Crippen LogP contribution is -2.34. The molecule has 0 aliphatic rings. The molecule has 5 nitrogen and oxygen atoms in total. The third-order valence-corrected chi connectivity index (χ3v) is 5.62. The Balaban J connectivity index is 2.51. The van der Waals surface area contributed by atoms with Crippen LogP contribution >= 0.6 is 0 Å². The minimum Gasteiger partial charge on any atom is -0.353 e. The molecule has 0 saturated heterocycles. The van der Waals surface area contributed by atoms with Crippen molar-refractivity contribution in [2.75, 3.05) is 13.6 Å². The first-order valence-corrected chi connectivity index (χ1v) is 9.26. The topological polar surface area (TPSA) is 66.5 Å². The molecule has 0 aliphatic carbocycles. The molecule has 1 rings (SSSR count). The zero-order valence-corrected chi connectivity index (χ0v) is 14.7. The maximum absolute atomic E-state index is 12.9. The van der Waals surface area contributed by atoms with Crippen molar-refractivity contribution in [3.63, 3.8) is 0 Å². The number of nitrogens with zero attached hydrogens (tertiary/aromatic N) is 1. The molecule has 0 spiro atoms. The summed E-state index contributed by atoms with van der Waals surface area (Å²) in [5.74, 6) is -0.545. The first kappa shape index (κ1) is 19.6. The van der Waals surface area contributed by atoms with Gasteiger partial charge < -0.3 is 5.32 Å². The summed E-state index contributed by atoms with van der Waals surface area (Å²) in [6, 6.07) is 4.87. The van der Waals surface area contributed by atoms with Gasteiger partial charge in [-0.1, -0.05) is 13.8 Å². The maximum atomic E-state index is 12.9. The number of carbonyl (C=O) groups excluding carboxylic acids is 1. The minimum atomic E-state index is -3.65. The van der Waals surface area contributed by atoms with Gasteiger partial charge in [0.15, 0.2) is 0 Å². The van der Waals surface area contributed by atoms with Crippen molar-refractivity contribution < 1.29 is 17.6 Å². The van der Waals surface area contributed by atoms with Crippen LogP contribution in [0.2, 0.25) is 0 Å². The van der Waals surface area contributed by atoms with E-state index in [0.29, 0.717) is 6.42 Å². The second-order valence-corrected chi connectivity index (χ2v) is 7.51. The largest absolute Gasteiger partial charge is 0.353 e. The van der Waals surface area contributed by atoms with Crippen molar-refractivity contribution in [3.8, 4) is 0 Å². The molecule has 0 bridgehead atoms. The predicted molar refractivity (Wildman–Crippen MR) is 88.0 cm³/mol. The van der Waals surface area contributed by atoms with Crippen LogP contribution in [0.5, 0.6) is 0 Å². The summed E-state index contributed by atoms with van der Waals surface area (Å²) in [5, 5.41) is 2.92. The minimum absolute atomic E-state index is 0.0443. The molecule has 0 aliphatic heterocycles. The SMILES string of the molecule is CCC(CC)NC(=O)CCCN(C)S(=O)(=O)c1ccc(F)cc1. The predicted octanol–water partition coefficient (Wildman–Crippen LogP) is 2.53. The highest BCUT2D eigenvalue weighted by atomic mass is 32.2. The van der Waals surface area contributed by atoms with E-state index in [2.05, 4.69) is 5.32 Å². The molecule has 0 unspecified atom stereocenters. The molecule has 1 aromatic carbocycles. The van der Waals surface area contributed by atoms with E-state index in [1.165, 1.54) is 23.5 Å². The van der Waals surface area contributed by atoms with Gasteiger partial charge in [0, 0.05) is 26.1 Å². The first-order valence-electron chi connectivity index (χ1n) is 7.82. The highest BCUT2D eigenvalue weighted by molar-refractivity contribution is 7.89. The monoisotopic (exact) mass is 344 g/mol. The molecular formula is C16H25FN2O3S. The zero-order chi connectivity index (χ0) is 17.5. The number of rotatable bonds is 9. The molecule has 0 heterocycles. The van der Waals surface area contributed by atoms with Crippen LogP contribution in [0.15, 0.2) is 29.2 Å². The molecule has 23 heavy (non-hydrogen) atoms. The van der Waals surface area contributed by atoms with Gasteiger partial charge in [0.25, 0.3) is 0 Å². The van der Waals surface area contributed by atoms with Crippen molar-refractivity contribution >= 4 is 15.9 Å². The van der Waals surface area contributed by atoms with E-state index in [4.69, 9.17) is 0 Å². The van der Waals surface area contributed by atoms with Crippen LogP contribution < -0.4 is 5.32 Å². The number of hydrogen-bond donors (Lipinski definition) is 1. The smallest absolute Gasteiger partial charge is 0.242 e. The Morgan fingerprint density at radius 3 is 2.30 bits per heavy atom. The van der Waals surface area contributed by atoms with Gasteiger partial charge in [-0.05, 0) is 43.5 Å². The Hall–Kier alpha value is -1.47. The standard InChI is InChI=1S/C16H25FN2O3S/c1-4-14(5-2)18-16(20)7-6-12-19(3)23(21,22)15-10-8-13(17)9-11-15/h8-11,14H,4-7,12H2,1-3H3,(H,18,20). The molecule has 0 aromatic heterocycles. The fourth-order valence-electron chi connectivity index (χ4n) is 2.16. The van der Waals surface area contributed by atoms with Gasteiger partial charge in [-0.25, -0.2) is 17.1 Å². The van der Waals surface area contributed by atoms with Gasteiger partial charge in [0.2, 0.25) is 15.9 Å².